The number of thiazole rings is 1. The molecule has 0 aliphatic rings. The Hall–Kier alpha value is -1.57. The predicted molar refractivity (Wildman–Crippen MR) is 75.1 cm³/mol. The van der Waals surface area contributed by atoms with E-state index in [4.69, 9.17) is 16.9 Å². The Morgan fingerprint density at radius 2 is 2.28 bits per heavy atom. The van der Waals surface area contributed by atoms with E-state index >= 15 is 0 Å². The van der Waals surface area contributed by atoms with Gasteiger partial charge in [-0.2, -0.15) is 5.26 Å². The molecule has 0 aliphatic heterocycles. The molecule has 0 spiro atoms. The van der Waals surface area contributed by atoms with Crippen molar-refractivity contribution in [2.45, 2.75) is 19.9 Å². The summed E-state index contributed by atoms with van der Waals surface area (Å²) < 4.78 is 0. The predicted octanol–water partition coefficient (Wildman–Crippen LogP) is 4.15. The van der Waals surface area contributed by atoms with Crippen LogP contribution in [0.15, 0.2) is 23.6 Å². The van der Waals surface area contributed by atoms with Gasteiger partial charge in [-0.05, 0) is 32.0 Å². The molecule has 0 bridgehead atoms. The molecule has 1 unspecified atom stereocenters. The highest BCUT2D eigenvalue weighted by molar-refractivity contribution is 7.09. The third-order valence-corrected chi connectivity index (χ3v) is 3.67. The van der Waals surface area contributed by atoms with Crippen molar-refractivity contribution in [2.24, 2.45) is 0 Å². The van der Waals surface area contributed by atoms with E-state index in [1.807, 2.05) is 19.2 Å². The van der Waals surface area contributed by atoms with Crippen molar-refractivity contribution >= 4 is 28.6 Å². The number of nitrogens with one attached hydrogen (secondary N) is 1. The average molecular weight is 278 g/mol. The van der Waals surface area contributed by atoms with Crippen LogP contribution in [-0.4, -0.2) is 4.98 Å². The summed E-state index contributed by atoms with van der Waals surface area (Å²) in [4.78, 5) is 4.43. The molecule has 1 N–H and O–H groups in total. The zero-order chi connectivity index (χ0) is 13.1. The number of aromatic nitrogens is 1. The third-order valence-electron chi connectivity index (χ3n) is 2.55. The number of nitrogens with zero attached hydrogens (tertiary/aromatic N) is 2. The molecule has 1 aromatic heterocycles. The van der Waals surface area contributed by atoms with E-state index in [9.17, 15) is 0 Å². The van der Waals surface area contributed by atoms with Crippen LogP contribution in [0.2, 0.25) is 5.02 Å². The largest absolute Gasteiger partial charge is 0.376 e. The fourth-order valence-electron chi connectivity index (χ4n) is 1.59. The molecule has 0 saturated heterocycles. The van der Waals surface area contributed by atoms with Crippen LogP contribution in [0.25, 0.3) is 0 Å². The highest BCUT2D eigenvalue weighted by atomic mass is 35.5. The number of benzene rings is 1. The summed E-state index contributed by atoms with van der Waals surface area (Å²) in [5.41, 5.74) is 2.33. The molecular weight excluding hydrogens is 266 g/mol. The Morgan fingerprint density at radius 3 is 2.89 bits per heavy atom. The van der Waals surface area contributed by atoms with Gasteiger partial charge in [-0.3, -0.25) is 0 Å². The molecule has 3 nitrogen and oxygen atoms in total. The number of hydrogen-bond acceptors (Lipinski definition) is 4. The van der Waals surface area contributed by atoms with Crippen molar-refractivity contribution in [3.8, 4) is 6.07 Å². The van der Waals surface area contributed by atoms with Crippen molar-refractivity contribution in [3.05, 3.63) is 44.9 Å². The summed E-state index contributed by atoms with van der Waals surface area (Å²) in [6, 6.07) is 7.33. The molecule has 92 valence electrons. The first-order chi connectivity index (χ1) is 8.60. The number of halogens is 1. The minimum Gasteiger partial charge on any atom is -0.376 e. The smallest absolute Gasteiger partial charge is 0.0992 e. The van der Waals surface area contributed by atoms with E-state index < -0.39 is 0 Å². The first-order valence-corrected chi connectivity index (χ1v) is 6.74. The minimum absolute atomic E-state index is 0.0568. The lowest BCUT2D eigenvalue weighted by Crippen LogP contribution is -2.07. The lowest BCUT2D eigenvalue weighted by atomic mass is 10.2. The number of anilines is 1. The molecule has 0 fully saturated rings. The zero-order valence-electron chi connectivity index (χ0n) is 10.1. The molecular formula is C13H12ClN3S. The van der Waals surface area contributed by atoms with Crippen molar-refractivity contribution < 1.29 is 0 Å². The zero-order valence-corrected chi connectivity index (χ0v) is 11.6. The van der Waals surface area contributed by atoms with Crippen LogP contribution in [0.3, 0.4) is 0 Å². The van der Waals surface area contributed by atoms with Crippen LogP contribution in [0.4, 0.5) is 5.69 Å². The van der Waals surface area contributed by atoms with Crippen molar-refractivity contribution in [1.29, 1.82) is 5.26 Å². The summed E-state index contributed by atoms with van der Waals surface area (Å²) in [5.74, 6) is 0. The third kappa shape index (κ3) is 2.81. The van der Waals surface area contributed by atoms with Crippen LogP contribution in [0.5, 0.6) is 0 Å². The molecule has 18 heavy (non-hydrogen) atoms. The van der Waals surface area contributed by atoms with E-state index in [-0.39, 0.29) is 6.04 Å². The van der Waals surface area contributed by atoms with Gasteiger partial charge in [0.25, 0.3) is 0 Å². The van der Waals surface area contributed by atoms with Gasteiger partial charge < -0.3 is 5.32 Å². The maximum absolute atomic E-state index is 8.88. The SMILES string of the molecule is Cc1nc(C(C)Nc2cc(C#N)ccc2Cl)cs1. The summed E-state index contributed by atoms with van der Waals surface area (Å²) in [5, 5.41) is 15.8. The first-order valence-electron chi connectivity index (χ1n) is 5.48. The Kier molecular flexibility index (Phi) is 3.85. The van der Waals surface area contributed by atoms with Crippen molar-refractivity contribution in [1.82, 2.24) is 4.98 Å². The summed E-state index contributed by atoms with van der Waals surface area (Å²) in [7, 11) is 0. The molecule has 5 heteroatoms. The summed E-state index contributed by atoms with van der Waals surface area (Å²) in [6.07, 6.45) is 0. The van der Waals surface area contributed by atoms with Crippen LogP contribution >= 0.6 is 22.9 Å². The Bertz CT molecular complexity index is 601. The van der Waals surface area contributed by atoms with E-state index in [2.05, 4.69) is 16.4 Å². The topological polar surface area (TPSA) is 48.7 Å². The molecule has 1 aromatic carbocycles. The second-order valence-electron chi connectivity index (χ2n) is 3.96. The Balaban J connectivity index is 2.21. The number of hydrogen-bond donors (Lipinski definition) is 1. The van der Waals surface area contributed by atoms with E-state index in [1.165, 1.54) is 0 Å². The summed E-state index contributed by atoms with van der Waals surface area (Å²) >= 11 is 7.72. The lowest BCUT2D eigenvalue weighted by molar-refractivity contribution is 0.845. The monoisotopic (exact) mass is 277 g/mol. The second kappa shape index (κ2) is 5.38. The van der Waals surface area contributed by atoms with Gasteiger partial charge in [-0.15, -0.1) is 11.3 Å². The molecule has 2 rings (SSSR count). The average Bonchev–Trinajstić information content (AvgIpc) is 2.79. The second-order valence-corrected chi connectivity index (χ2v) is 5.43. The number of nitriles is 1. The van der Waals surface area contributed by atoms with Crippen LogP contribution in [-0.2, 0) is 0 Å². The fraction of sp³-hybridized carbons (Fsp3) is 0.231. The number of aryl methyl sites for hydroxylation is 1. The van der Waals surface area contributed by atoms with Crippen molar-refractivity contribution in [3.63, 3.8) is 0 Å². The molecule has 0 aliphatic carbocycles. The maximum atomic E-state index is 8.88. The van der Waals surface area contributed by atoms with Crippen LogP contribution in [0.1, 0.15) is 29.2 Å². The molecule has 1 atom stereocenters. The quantitative estimate of drug-likeness (QED) is 0.917. The first kappa shape index (κ1) is 12.9. The molecule has 1 heterocycles. The molecule has 2 aromatic rings. The molecule has 0 radical (unpaired) electrons. The van der Waals surface area contributed by atoms with Gasteiger partial charge >= 0.3 is 0 Å². The van der Waals surface area contributed by atoms with Gasteiger partial charge in [0.15, 0.2) is 0 Å². The van der Waals surface area contributed by atoms with E-state index in [0.29, 0.717) is 10.6 Å². The van der Waals surface area contributed by atoms with Gasteiger partial charge in [0.05, 0.1) is 39.1 Å². The lowest BCUT2D eigenvalue weighted by Gasteiger charge is -2.14. The maximum Gasteiger partial charge on any atom is 0.0992 e. The highest BCUT2D eigenvalue weighted by Crippen LogP contribution is 2.27. The molecule has 0 saturated carbocycles. The normalized spacial score (nSPS) is 11.9. The van der Waals surface area contributed by atoms with E-state index in [1.54, 1.807) is 29.5 Å². The van der Waals surface area contributed by atoms with Gasteiger partial charge in [0.1, 0.15) is 0 Å². The highest BCUT2D eigenvalue weighted by Gasteiger charge is 2.11. The molecule has 0 amide bonds. The van der Waals surface area contributed by atoms with E-state index in [0.717, 1.165) is 16.4 Å². The van der Waals surface area contributed by atoms with Crippen LogP contribution < -0.4 is 5.32 Å². The van der Waals surface area contributed by atoms with Crippen molar-refractivity contribution in [2.75, 3.05) is 5.32 Å². The van der Waals surface area contributed by atoms with Gasteiger partial charge in [0.2, 0.25) is 0 Å². The summed E-state index contributed by atoms with van der Waals surface area (Å²) in [6.45, 7) is 3.99. The standard InChI is InChI=1S/C13H12ClN3S/c1-8(13-7-18-9(2)17-13)16-12-5-10(6-15)3-4-11(12)14/h3-5,7-8,16H,1-2H3. The Morgan fingerprint density at radius 1 is 1.50 bits per heavy atom. The minimum atomic E-state index is 0.0568. The van der Waals surface area contributed by atoms with Gasteiger partial charge in [-0.1, -0.05) is 11.6 Å². The fourth-order valence-corrected chi connectivity index (χ4v) is 2.47. The van der Waals surface area contributed by atoms with Gasteiger partial charge in [0, 0.05) is 5.38 Å². The number of rotatable bonds is 3. The van der Waals surface area contributed by atoms with Gasteiger partial charge in [-0.25, -0.2) is 4.98 Å². The Labute approximate surface area is 115 Å². The van der Waals surface area contributed by atoms with Crippen LogP contribution in [0, 0.1) is 18.3 Å².